The first-order chi connectivity index (χ1) is 10.5. The summed E-state index contributed by atoms with van der Waals surface area (Å²) in [7, 11) is 0. The highest BCUT2D eigenvalue weighted by molar-refractivity contribution is 7.99. The number of hydrogen-bond donors (Lipinski definition) is 0. The molecule has 0 N–H and O–H groups in total. The maximum atomic E-state index is 12.9. The monoisotopic (exact) mass is 333 g/mol. The molecule has 2 aromatic heterocycles. The van der Waals surface area contributed by atoms with Gasteiger partial charge in [-0.15, -0.1) is 11.8 Å². The van der Waals surface area contributed by atoms with Crippen molar-refractivity contribution in [1.82, 2.24) is 24.5 Å². The van der Waals surface area contributed by atoms with Crippen molar-refractivity contribution in [2.24, 2.45) is 0 Å². The van der Waals surface area contributed by atoms with Gasteiger partial charge in [-0.3, -0.25) is 4.90 Å². The lowest BCUT2D eigenvalue weighted by molar-refractivity contribution is -0.141. The van der Waals surface area contributed by atoms with Crippen molar-refractivity contribution in [1.29, 1.82) is 0 Å². The van der Waals surface area contributed by atoms with E-state index in [4.69, 9.17) is 4.74 Å². The number of rotatable bonds is 4. The highest BCUT2D eigenvalue weighted by Crippen LogP contribution is 2.30. The Bertz CT molecular complexity index is 641. The Kier molecular flexibility index (Phi) is 4.50. The molecule has 0 radical (unpaired) electrons. The van der Waals surface area contributed by atoms with Crippen LogP contribution in [0.1, 0.15) is 5.69 Å². The Balaban J connectivity index is 1.73. The summed E-state index contributed by atoms with van der Waals surface area (Å²) in [5, 5.41) is 4.32. The molecule has 1 aliphatic rings. The smallest absolute Gasteiger partial charge is 0.379 e. The summed E-state index contributed by atoms with van der Waals surface area (Å²) in [6.45, 7) is 3.89. The number of halogens is 3. The minimum Gasteiger partial charge on any atom is -0.379 e. The van der Waals surface area contributed by atoms with Crippen molar-refractivity contribution < 1.29 is 17.9 Å². The Hall–Kier alpha value is -1.39. The van der Waals surface area contributed by atoms with Crippen molar-refractivity contribution in [2.75, 3.05) is 38.6 Å². The summed E-state index contributed by atoms with van der Waals surface area (Å²) >= 11 is 1.32. The van der Waals surface area contributed by atoms with E-state index in [1.165, 1.54) is 22.6 Å². The number of nitrogens with zero attached hydrogens (tertiary/aromatic N) is 5. The van der Waals surface area contributed by atoms with Gasteiger partial charge in [0, 0.05) is 31.5 Å². The lowest BCUT2D eigenvalue weighted by Crippen LogP contribution is -2.37. The number of thioether (sulfide) groups is 1. The fourth-order valence-electron chi connectivity index (χ4n) is 2.14. The van der Waals surface area contributed by atoms with Crippen LogP contribution in [0.25, 0.3) is 5.78 Å². The number of hydrogen-bond acceptors (Lipinski definition) is 6. The van der Waals surface area contributed by atoms with Crippen LogP contribution in [-0.4, -0.2) is 63.1 Å². The maximum Gasteiger partial charge on any atom is 0.433 e. The van der Waals surface area contributed by atoms with E-state index in [1.54, 1.807) is 0 Å². The van der Waals surface area contributed by atoms with Crippen LogP contribution in [0.2, 0.25) is 0 Å². The molecule has 22 heavy (non-hydrogen) atoms. The molecule has 1 fully saturated rings. The Morgan fingerprint density at radius 3 is 2.77 bits per heavy atom. The molecule has 0 aromatic carbocycles. The molecule has 6 nitrogen and oxygen atoms in total. The molecule has 0 amide bonds. The summed E-state index contributed by atoms with van der Waals surface area (Å²) in [6, 6.07) is 1.02. The lowest BCUT2D eigenvalue weighted by atomic mass is 10.4. The largest absolute Gasteiger partial charge is 0.433 e. The average Bonchev–Trinajstić information content (AvgIpc) is 2.96. The van der Waals surface area contributed by atoms with Gasteiger partial charge < -0.3 is 4.74 Å². The predicted molar refractivity (Wildman–Crippen MR) is 73.8 cm³/mol. The average molecular weight is 333 g/mol. The highest BCUT2D eigenvalue weighted by Gasteiger charge is 2.34. The molecule has 3 heterocycles. The Morgan fingerprint density at radius 2 is 2.05 bits per heavy atom. The number of fused-ring (bicyclic) bond motifs is 1. The fourth-order valence-corrected chi connectivity index (χ4v) is 3.14. The van der Waals surface area contributed by atoms with Gasteiger partial charge in [-0.2, -0.15) is 27.8 Å². The maximum absolute atomic E-state index is 12.9. The fraction of sp³-hybridized carbons (Fsp3) is 0.583. The van der Waals surface area contributed by atoms with Crippen molar-refractivity contribution in [3.8, 4) is 0 Å². The van der Waals surface area contributed by atoms with Crippen molar-refractivity contribution in [3.63, 3.8) is 0 Å². The highest BCUT2D eigenvalue weighted by atomic mass is 32.2. The molecule has 0 aliphatic carbocycles. The summed E-state index contributed by atoms with van der Waals surface area (Å²) in [4.78, 5) is 9.46. The van der Waals surface area contributed by atoms with Gasteiger partial charge in [-0.25, -0.2) is 4.98 Å². The third-order valence-electron chi connectivity index (χ3n) is 3.27. The zero-order chi connectivity index (χ0) is 15.6. The van der Waals surface area contributed by atoms with Crippen LogP contribution < -0.4 is 0 Å². The standard InChI is InChI=1S/C12H14F3N5OS/c13-12(14,15)9-7-10(20-11(18-9)16-8-17-20)22-6-3-19-1-4-21-5-2-19/h7-8H,1-6H2. The minimum atomic E-state index is -4.49. The van der Waals surface area contributed by atoms with Gasteiger partial charge in [0.15, 0.2) is 5.69 Å². The zero-order valence-corrected chi connectivity index (χ0v) is 12.4. The number of morpholine rings is 1. The van der Waals surface area contributed by atoms with E-state index in [2.05, 4.69) is 20.0 Å². The molecule has 0 saturated carbocycles. The second-order valence-electron chi connectivity index (χ2n) is 4.75. The minimum absolute atomic E-state index is 0.0382. The van der Waals surface area contributed by atoms with E-state index in [1.807, 2.05) is 0 Å². The Morgan fingerprint density at radius 1 is 1.27 bits per heavy atom. The van der Waals surface area contributed by atoms with Crippen LogP contribution in [0.3, 0.4) is 0 Å². The second kappa shape index (κ2) is 6.39. The van der Waals surface area contributed by atoms with Crippen LogP contribution in [0.4, 0.5) is 13.2 Å². The van der Waals surface area contributed by atoms with Crippen molar-refractivity contribution >= 4 is 17.5 Å². The van der Waals surface area contributed by atoms with Crippen LogP contribution in [0.5, 0.6) is 0 Å². The molecule has 1 saturated heterocycles. The third-order valence-corrected chi connectivity index (χ3v) is 4.24. The third kappa shape index (κ3) is 3.50. The van der Waals surface area contributed by atoms with Gasteiger partial charge in [0.25, 0.3) is 5.78 Å². The van der Waals surface area contributed by atoms with Crippen molar-refractivity contribution in [3.05, 3.63) is 18.1 Å². The quantitative estimate of drug-likeness (QED) is 0.625. The van der Waals surface area contributed by atoms with E-state index in [-0.39, 0.29) is 5.78 Å². The van der Waals surface area contributed by atoms with Crippen LogP contribution in [0.15, 0.2) is 17.4 Å². The second-order valence-corrected chi connectivity index (χ2v) is 5.87. The number of ether oxygens (including phenoxy) is 1. The lowest BCUT2D eigenvalue weighted by Gasteiger charge is -2.26. The van der Waals surface area contributed by atoms with E-state index in [0.29, 0.717) is 24.0 Å². The number of aromatic nitrogens is 4. The zero-order valence-electron chi connectivity index (χ0n) is 11.6. The van der Waals surface area contributed by atoms with Crippen molar-refractivity contribution in [2.45, 2.75) is 11.2 Å². The first kappa shape index (κ1) is 15.5. The van der Waals surface area contributed by atoms with E-state index in [9.17, 15) is 13.2 Å². The topological polar surface area (TPSA) is 55.6 Å². The van der Waals surface area contributed by atoms with Gasteiger partial charge in [-0.1, -0.05) is 0 Å². The summed E-state index contributed by atoms with van der Waals surface area (Å²) in [5.74, 6) is 0.625. The van der Waals surface area contributed by atoms with Gasteiger partial charge in [0.05, 0.1) is 13.2 Å². The molecule has 0 spiro atoms. The summed E-state index contributed by atoms with van der Waals surface area (Å²) in [6.07, 6.45) is -3.29. The predicted octanol–water partition coefficient (Wildman–Crippen LogP) is 1.57. The van der Waals surface area contributed by atoms with E-state index < -0.39 is 11.9 Å². The molecule has 0 bridgehead atoms. The Labute approximate surface area is 128 Å². The normalized spacial score (nSPS) is 17.2. The summed E-state index contributed by atoms with van der Waals surface area (Å²) in [5.41, 5.74) is -0.943. The van der Waals surface area contributed by atoms with Gasteiger partial charge >= 0.3 is 6.18 Å². The van der Waals surface area contributed by atoms with Gasteiger partial charge in [0.2, 0.25) is 0 Å². The van der Waals surface area contributed by atoms with Crippen LogP contribution >= 0.6 is 11.8 Å². The molecule has 1 aliphatic heterocycles. The first-order valence-corrected chi connectivity index (χ1v) is 7.73. The molecule has 10 heteroatoms. The molecule has 120 valence electrons. The molecular formula is C12H14F3N5OS. The molecule has 0 atom stereocenters. The molecule has 0 unspecified atom stereocenters. The summed E-state index contributed by atoms with van der Waals surface area (Å²) < 4.78 is 45.2. The molecule has 2 aromatic rings. The SMILES string of the molecule is FC(F)(F)c1cc(SCCN2CCOCC2)n2ncnc2n1. The van der Waals surface area contributed by atoms with Crippen LogP contribution in [-0.2, 0) is 10.9 Å². The molecular weight excluding hydrogens is 319 g/mol. The number of alkyl halides is 3. The van der Waals surface area contributed by atoms with E-state index in [0.717, 1.165) is 25.7 Å². The first-order valence-electron chi connectivity index (χ1n) is 6.75. The van der Waals surface area contributed by atoms with Crippen LogP contribution in [0, 0.1) is 0 Å². The van der Waals surface area contributed by atoms with Gasteiger partial charge in [-0.05, 0) is 0 Å². The van der Waals surface area contributed by atoms with Gasteiger partial charge in [0.1, 0.15) is 11.4 Å². The molecule has 3 rings (SSSR count). The van der Waals surface area contributed by atoms with E-state index >= 15 is 0 Å².